The number of fused-ring (bicyclic) bond motifs is 1. The molecule has 0 bridgehead atoms. The monoisotopic (exact) mass is 393 g/mol. The van der Waals surface area contributed by atoms with Gasteiger partial charge in [0.15, 0.2) is 6.17 Å². The number of carbonyl (C=O) groups is 3. The Labute approximate surface area is 161 Å². The van der Waals surface area contributed by atoms with Crippen molar-refractivity contribution in [1.82, 2.24) is 10.3 Å². The number of carbonyl (C=O) groups excluding carboxylic acids is 2. The average molecular weight is 393 g/mol. The minimum Gasteiger partial charge on any atom is -0.604 e. The number of hydrogen-bond acceptors (Lipinski definition) is 6. The summed E-state index contributed by atoms with van der Waals surface area (Å²) in [5.74, 6) is -2.10. The van der Waals surface area contributed by atoms with Gasteiger partial charge in [-0.05, 0) is 12.1 Å². The standard InChI is InChI=1S/C17H23N5O6/c1-28-13-4-2-3-12(7-13)21(17(18)26)14-5-6-15(23)20-10-19-8-11(16(24)25)9-22(14,20)27/h2-4,7,11,14,19H,5-6,8-10H2,1H3,(H2,18,26)(H,24,25). The molecule has 3 amide bonds. The molecule has 2 aliphatic rings. The van der Waals surface area contributed by atoms with E-state index in [1.807, 2.05) is 0 Å². The van der Waals surface area contributed by atoms with Crippen LogP contribution in [0.1, 0.15) is 12.8 Å². The molecule has 0 aromatic heterocycles. The number of carboxylic acids is 1. The number of aliphatic carboxylic acids is 1. The van der Waals surface area contributed by atoms with E-state index in [0.29, 0.717) is 11.4 Å². The number of nitrogens with zero attached hydrogens (tertiary/aromatic N) is 3. The van der Waals surface area contributed by atoms with Crippen LogP contribution in [0.3, 0.4) is 0 Å². The highest BCUT2D eigenvalue weighted by molar-refractivity contribution is 5.91. The number of carboxylic acid groups (broad SMARTS) is 1. The number of benzene rings is 1. The van der Waals surface area contributed by atoms with Crippen molar-refractivity contribution in [2.45, 2.75) is 19.0 Å². The Kier molecular flexibility index (Phi) is 5.40. The lowest BCUT2D eigenvalue weighted by atomic mass is 10.1. The normalized spacial score (nSPS) is 27.5. The van der Waals surface area contributed by atoms with E-state index in [9.17, 15) is 24.7 Å². The molecule has 0 spiro atoms. The van der Waals surface area contributed by atoms with Crippen LogP contribution in [0, 0.1) is 11.1 Å². The highest BCUT2D eigenvalue weighted by atomic mass is 16.6. The summed E-state index contributed by atoms with van der Waals surface area (Å²) in [6.07, 6.45) is -0.977. The van der Waals surface area contributed by atoms with Gasteiger partial charge in [-0.25, -0.2) is 14.4 Å². The van der Waals surface area contributed by atoms with Crippen molar-refractivity contribution < 1.29 is 29.0 Å². The fourth-order valence-electron chi connectivity index (χ4n) is 3.77. The Bertz CT molecular complexity index is 789. The number of anilines is 1. The van der Waals surface area contributed by atoms with Crippen molar-refractivity contribution in [3.05, 3.63) is 29.5 Å². The van der Waals surface area contributed by atoms with E-state index in [0.717, 1.165) is 9.91 Å². The molecule has 1 aromatic carbocycles. The Balaban J connectivity index is 2.06. The number of urea groups is 1. The molecule has 0 aliphatic carbocycles. The zero-order valence-electron chi connectivity index (χ0n) is 15.4. The highest BCUT2D eigenvalue weighted by Gasteiger charge is 2.51. The van der Waals surface area contributed by atoms with E-state index < -0.39 is 41.3 Å². The van der Waals surface area contributed by atoms with Crippen LogP contribution in [0.25, 0.3) is 0 Å². The predicted octanol–water partition coefficient (Wildman–Crippen LogP) is 0.0199. The number of rotatable bonds is 4. The number of amides is 3. The molecular weight excluding hydrogens is 370 g/mol. The molecule has 11 nitrogen and oxygen atoms in total. The van der Waals surface area contributed by atoms with Gasteiger partial charge in [-0.2, -0.15) is 5.01 Å². The predicted molar refractivity (Wildman–Crippen MR) is 97.4 cm³/mol. The third kappa shape index (κ3) is 3.46. The number of methoxy groups -OCH3 is 1. The first-order valence-electron chi connectivity index (χ1n) is 8.83. The van der Waals surface area contributed by atoms with E-state index in [2.05, 4.69) is 5.32 Å². The highest BCUT2D eigenvalue weighted by Crippen LogP contribution is 2.35. The van der Waals surface area contributed by atoms with Crippen molar-refractivity contribution in [2.75, 3.05) is 31.8 Å². The summed E-state index contributed by atoms with van der Waals surface area (Å²) in [4.78, 5) is 37.4. The van der Waals surface area contributed by atoms with E-state index >= 15 is 0 Å². The Hall–Kier alpha value is -2.89. The Morgan fingerprint density at radius 3 is 2.86 bits per heavy atom. The van der Waals surface area contributed by atoms with E-state index in [1.54, 1.807) is 24.3 Å². The maximum Gasteiger partial charge on any atom is 0.323 e. The zero-order chi connectivity index (χ0) is 20.5. The zero-order valence-corrected chi connectivity index (χ0v) is 15.4. The maximum atomic E-state index is 13.9. The number of nitrogens with two attached hydrogens (primary N) is 1. The van der Waals surface area contributed by atoms with E-state index in [4.69, 9.17) is 10.5 Å². The van der Waals surface area contributed by atoms with Crippen LogP contribution in [-0.2, 0) is 9.59 Å². The smallest absolute Gasteiger partial charge is 0.323 e. The van der Waals surface area contributed by atoms with E-state index in [1.165, 1.54) is 7.11 Å². The molecule has 0 radical (unpaired) electrons. The van der Waals surface area contributed by atoms with Crippen LogP contribution in [0.15, 0.2) is 24.3 Å². The number of nitrogens with one attached hydrogen (secondary N) is 1. The summed E-state index contributed by atoms with van der Waals surface area (Å²) >= 11 is 0. The van der Waals surface area contributed by atoms with Crippen molar-refractivity contribution in [3.63, 3.8) is 0 Å². The van der Waals surface area contributed by atoms with Gasteiger partial charge in [0.25, 0.3) is 5.91 Å². The molecule has 2 aliphatic heterocycles. The third-order valence-corrected chi connectivity index (χ3v) is 5.13. The quantitative estimate of drug-likeness (QED) is 0.482. The fourth-order valence-corrected chi connectivity index (χ4v) is 3.77. The van der Waals surface area contributed by atoms with Gasteiger partial charge in [-0.15, -0.1) is 0 Å². The lowest BCUT2D eigenvalue weighted by Gasteiger charge is -2.57. The Morgan fingerprint density at radius 1 is 1.46 bits per heavy atom. The second-order valence-corrected chi connectivity index (χ2v) is 6.81. The maximum absolute atomic E-state index is 13.9. The molecule has 2 fully saturated rings. The van der Waals surface area contributed by atoms with Gasteiger partial charge < -0.3 is 20.8 Å². The van der Waals surface area contributed by atoms with Crippen LogP contribution >= 0.6 is 0 Å². The Morgan fingerprint density at radius 2 is 2.21 bits per heavy atom. The number of quaternary nitrogens is 1. The summed E-state index contributed by atoms with van der Waals surface area (Å²) in [5.41, 5.74) is 5.94. The van der Waals surface area contributed by atoms with Crippen LogP contribution in [0.5, 0.6) is 5.75 Å². The first kappa shape index (κ1) is 19.9. The van der Waals surface area contributed by atoms with Gasteiger partial charge in [0, 0.05) is 25.5 Å². The minimum absolute atomic E-state index is 0.0417. The molecule has 3 rings (SSSR count). The molecule has 11 heteroatoms. The van der Waals surface area contributed by atoms with Crippen molar-refractivity contribution >= 4 is 23.6 Å². The van der Waals surface area contributed by atoms with Crippen molar-refractivity contribution in [3.8, 4) is 5.75 Å². The van der Waals surface area contributed by atoms with Crippen LogP contribution in [0.2, 0.25) is 0 Å². The van der Waals surface area contributed by atoms with Gasteiger partial charge in [0.05, 0.1) is 12.8 Å². The third-order valence-electron chi connectivity index (χ3n) is 5.13. The average Bonchev–Trinajstić information content (AvgIpc) is 2.84. The van der Waals surface area contributed by atoms with Crippen LogP contribution in [-0.4, -0.2) is 65.8 Å². The van der Waals surface area contributed by atoms with Crippen LogP contribution in [0.4, 0.5) is 10.5 Å². The summed E-state index contributed by atoms with van der Waals surface area (Å²) in [6.45, 7) is -0.455. The fraction of sp³-hybridized carbons (Fsp3) is 0.471. The molecule has 3 unspecified atom stereocenters. The van der Waals surface area contributed by atoms with Gasteiger partial charge >= 0.3 is 12.0 Å². The van der Waals surface area contributed by atoms with Crippen LogP contribution < -0.4 is 20.7 Å². The second kappa shape index (κ2) is 7.62. The summed E-state index contributed by atoms with van der Waals surface area (Å²) in [7, 11) is 1.47. The first-order chi connectivity index (χ1) is 13.3. The van der Waals surface area contributed by atoms with Gasteiger partial charge in [-0.3, -0.25) is 14.9 Å². The van der Waals surface area contributed by atoms with Gasteiger partial charge in [0.1, 0.15) is 24.9 Å². The summed E-state index contributed by atoms with van der Waals surface area (Å²) in [5, 5.41) is 27.2. The summed E-state index contributed by atoms with van der Waals surface area (Å²) in [6, 6.07) is 5.62. The molecule has 3 atom stereocenters. The molecule has 0 saturated carbocycles. The number of hydroxylamine groups is 2. The molecule has 28 heavy (non-hydrogen) atoms. The molecule has 4 N–H and O–H groups in total. The SMILES string of the molecule is COc1cccc(N(C(N)=O)C2CCC(=O)N3CNCC(C(=O)O)C[N+]23[O-])c1. The van der Waals surface area contributed by atoms with Gasteiger partial charge in [0.2, 0.25) is 0 Å². The van der Waals surface area contributed by atoms with Crippen molar-refractivity contribution in [1.29, 1.82) is 0 Å². The van der Waals surface area contributed by atoms with Crippen molar-refractivity contribution in [2.24, 2.45) is 11.7 Å². The lowest BCUT2D eigenvalue weighted by Crippen LogP contribution is -2.73. The summed E-state index contributed by atoms with van der Waals surface area (Å²) < 4.78 is 3.89. The minimum atomic E-state index is -1.29. The second-order valence-electron chi connectivity index (χ2n) is 6.81. The first-order valence-corrected chi connectivity index (χ1v) is 8.83. The lowest BCUT2D eigenvalue weighted by molar-refractivity contribution is -1.00. The number of ether oxygens (including phenoxy) is 1. The molecule has 1 aromatic rings. The topological polar surface area (TPSA) is 148 Å². The molecule has 2 heterocycles. The van der Waals surface area contributed by atoms with E-state index in [-0.39, 0.29) is 26.1 Å². The molecule has 152 valence electrons. The number of primary amides is 1. The largest absolute Gasteiger partial charge is 0.604 e. The number of hydrogen-bond donors (Lipinski definition) is 3. The van der Waals surface area contributed by atoms with Gasteiger partial charge in [-0.1, -0.05) is 6.07 Å². The molecular formula is C17H23N5O6. The molecule has 2 saturated heterocycles.